The Kier molecular flexibility index (Phi) is 6.61. The van der Waals surface area contributed by atoms with E-state index < -0.39 is 27.1 Å². The lowest BCUT2D eigenvalue weighted by molar-refractivity contribution is -0.149. The predicted molar refractivity (Wildman–Crippen MR) is 102 cm³/mol. The van der Waals surface area contributed by atoms with Gasteiger partial charge in [-0.3, -0.25) is 9.63 Å². The van der Waals surface area contributed by atoms with Gasteiger partial charge in [0.25, 0.3) is 0 Å². The van der Waals surface area contributed by atoms with Crippen LogP contribution in [0.1, 0.15) is 31.4 Å². The van der Waals surface area contributed by atoms with Crippen molar-refractivity contribution in [1.82, 2.24) is 9.37 Å². The quantitative estimate of drug-likeness (QED) is 0.662. The zero-order valence-corrected chi connectivity index (χ0v) is 17.4. The number of carbonyl (C=O) groups excluding carboxylic acids is 1. The highest BCUT2D eigenvalue weighted by Crippen LogP contribution is 2.37. The van der Waals surface area contributed by atoms with E-state index >= 15 is 0 Å². The molecule has 2 atom stereocenters. The van der Waals surface area contributed by atoms with E-state index in [-0.39, 0.29) is 36.6 Å². The number of rotatable bonds is 5. The van der Waals surface area contributed by atoms with E-state index in [1.165, 1.54) is 27.6 Å². The third-order valence-corrected chi connectivity index (χ3v) is 7.82. The molecular formula is C18H24ClFN2O5S. The van der Waals surface area contributed by atoms with Gasteiger partial charge in [-0.15, -0.1) is 0 Å². The Bertz CT molecular complexity index is 829. The molecule has 2 fully saturated rings. The van der Waals surface area contributed by atoms with Crippen LogP contribution in [0.25, 0.3) is 0 Å². The van der Waals surface area contributed by atoms with Gasteiger partial charge in [0.1, 0.15) is 11.1 Å². The lowest BCUT2D eigenvalue weighted by Gasteiger charge is -2.33. The molecule has 0 spiro atoms. The number of esters is 1. The van der Waals surface area contributed by atoms with Crippen molar-refractivity contribution in [2.45, 2.75) is 31.1 Å². The highest BCUT2D eigenvalue weighted by atomic mass is 35.5. The number of hydroxylamine groups is 2. The maximum atomic E-state index is 13.5. The molecule has 0 unspecified atom stereocenters. The number of benzene rings is 1. The van der Waals surface area contributed by atoms with Gasteiger partial charge in [0.2, 0.25) is 10.0 Å². The molecule has 1 aromatic carbocycles. The Morgan fingerprint density at radius 2 is 2.04 bits per heavy atom. The smallest absolute Gasteiger partial charge is 0.309 e. The Labute approximate surface area is 169 Å². The van der Waals surface area contributed by atoms with Crippen LogP contribution in [0.2, 0.25) is 5.02 Å². The summed E-state index contributed by atoms with van der Waals surface area (Å²) in [5, 5.41) is 0.555. The molecule has 0 saturated carbocycles. The standard InChI is InChI=1S/C18H24ClFN2O5S/c1-3-26-18(23)12-6-8-22(9-7-12)28(24,25)16-11-27-21(2)17(16)13-4-5-15(20)14(19)10-13/h4-5,10,12,16-17H,3,6-9,11H2,1-2H3/t16-,17-/m1/s1. The number of sulfonamides is 1. The van der Waals surface area contributed by atoms with Crippen molar-refractivity contribution < 1.29 is 27.2 Å². The molecule has 3 rings (SSSR count). The van der Waals surface area contributed by atoms with E-state index in [0.717, 1.165) is 0 Å². The average molecular weight is 435 g/mol. The number of piperidine rings is 1. The van der Waals surface area contributed by atoms with Crippen molar-refractivity contribution in [2.24, 2.45) is 5.92 Å². The second-order valence-electron chi connectivity index (χ2n) is 6.97. The SMILES string of the molecule is CCOC(=O)C1CCN(S(=O)(=O)[C@@H]2CON(C)[C@@H]2c2ccc(F)c(Cl)c2)CC1. The van der Waals surface area contributed by atoms with Crippen molar-refractivity contribution in [3.63, 3.8) is 0 Å². The van der Waals surface area contributed by atoms with Gasteiger partial charge in [-0.1, -0.05) is 17.7 Å². The van der Waals surface area contributed by atoms with Crippen LogP contribution in [0.3, 0.4) is 0 Å². The molecule has 2 saturated heterocycles. The van der Waals surface area contributed by atoms with E-state index in [0.29, 0.717) is 25.0 Å². The fourth-order valence-corrected chi connectivity index (χ4v) is 5.94. The van der Waals surface area contributed by atoms with E-state index in [9.17, 15) is 17.6 Å². The minimum Gasteiger partial charge on any atom is -0.466 e. The van der Waals surface area contributed by atoms with Gasteiger partial charge < -0.3 is 4.74 Å². The minimum absolute atomic E-state index is 0.00367. The van der Waals surface area contributed by atoms with E-state index in [1.807, 2.05) is 0 Å². The van der Waals surface area contributed by atoms with Gasteiger partial charge >= 0.3 is 5.97 Å². The van der Waals surface area contributed by atoms with Crippen LogP contribution >= 0.6 is 11.6 Å². The lowest BCUT2D eigenvalue weighted by atomic mass is 9.98. The fraction of sp³-hybridized carbons (Fsp3) is 0.611. The van der Waals surface area contributed by atoms with Crippen LogP contribution in [0.15, 0.2) is 18.2 Å². The zero-order chi connectivity index (χ0) is 20.5. The average Bonchev–Trinajstić information content (AvgIpc) is 3.06. The molecule has 0 N–H and O–H groups in total. The van der Waals surface area contributed by atoms with Crippen LogP contribution in [0.5, 0.6) is 0 Å². The predicted octanol–water partition coefficient (Wildman–Crippen LogP) is 2.37. The summed E-state index contributed by atoms with van der Waals surface area (Å²) in [6.45, 7) is 2.56. The van der Waals surface area contributed by atoms with Crippen molar-refractivity contribution >= 4 is 27.6 Å². The minimum atomic E-state index is -3.70. The van der Waals surface area contributed by atoms with Crippen molar-refractivity contribution in [3.8, 4) is 0 Å². The third kappa shape index (κ3) is 4.18. The number of halogens is 2. The molecule has 0 bridgehead atoms. The second-order valence-corrected chi connectivity index (χ2v) is 9.53. The largest absolute Gasteiger partial charge is 0.466 e. The molecule has 28 heavy (non-hydrogen) atoms. The highest BCUT2D eigenvalue weighted by Gasteiger charge is 2.46. The second kappa shape index (κ2) is 8.62. The number of hydrogen-bond acceptors (Lipinski definition) is 6. The van der Waals surface area contributed by atoms with Gasteiger partial charge in [0.15, 0.2) is 0 Å². The molecule has 2 aliphatic rings. The monoisotopic (exact) mass is 434 g/mol. The highest BCUT2D eigenvalue weighted by molar-refractivity contribution is 7.89. The van der Waals surface area contributed by atoms with Crippen LogP contribution in [0, 0.1) is 11.7 Å². The first-order valence-corrected chi connectivity index (χ1v) is 11.1. The van der Waals surface area contributed by atoms with Crippen LogP contribution in [-0.4, -0.2) is 62.4 Å². The molecule has 2 aliphatic heterocycles. The Balaban J connectivity index is 1.77. The summed E-state index contributed by atoms with van der Waals surface area (Å²) in [7, 11) is -2.06. The third-order valence-electron chi connectivity index (χ3n) is 5.29. The molecule has 7 nitrogen and oxygen atoms in total. The normalized spacial score (nSPS) is 25.1. The summed E-state index contributed by atoms with van der Waals surface area (Å²) < 4.78 is 46.5. The Morgan fingerprint density at radius 1 is 1.36 bits per heavy atom. The van der Waals surface area contributed by atoms with Gasteiger partial charge in [-0.2, -0.15) is 5.06 Å². The number of nitrogens with zero attached hydrogens (tertiary/aromatic N) is 2. The zero-order valence-electron chi connectivity index (χ0n) is 15.8. The summed E-state index contributed by atoms with van der Waals surface area (Å²) in [6.07, 6.45) is 0.850. The van der Waals surface area contributed by atoms with Gasteiger partial charge in [0.05, 0.1) is 30.2 Å². The van der Waals surface area contributed by atoms with Crippen molar-refractivity contribution in [3.05, 3.63) is 34.6 Å². The number of ether oxygens (including phenoxy) is 1. The summed E-state index contributed by atoms with van der Waals surface area (Å²) in [6, 6.07) is 3.57. The lowest BCUT2D eigenvalue weighted by Crippen LogP contribution is -2.46. The van der Waals surface area contributed by atoms with E-state index in [1.54, 1.807) is 14.0 Å². The van der Waals surface area contributed by atoms with Gasteiger partial charge in [-0.05, 0) is 37.5 Å². The molecule has 10 heteroatoms. The molecular weight excluding hydrogens is 411 g/mol. The first kappa shape index (κ1) is 21.4. The first-order chi connectivity index (χ1) is 13.3. The van der Waals surface area contributed by atoms with E-state index in [4.69, 9.17) is 21.2 Å². The maximum absolute atomic E-state index is 13.5. The molecule has 2 heterocycles. The Morgan fingerprint density at radius 3 is 2.64 bits per heavy atom. The summed E-state index contributed by atoms with van der Waals surface area (Å²) in [4.78, 5) is 17.4. The van der Waals surface area contributed by atoms with Crippen LogP contribution in [-0.2, 0) is 24.4 Å². The molecule has 0 radical (unpaired) electrons. The summed E-state index contributed by atoms with van der Waals surface area (Å²) in [5.41, 5.74) is 0.571. The number of hydrogen-bond donors (Lipinski definition) is 0. The first-order valence-electron chi connectivity index (χ1n) is 9.22. The van der Waals surface area contributed by atoms with Crippen LogP contribution < -0.4 is 0 Å². The maximum Gasteiger partial charge on any atom is 0.309 e. The molecule has 156 valence electrons. The summed E-state index contributed by atoms with van der Waals surface area (Å²) in [5.74, 6) is -1.12. The van der Waals surface area contributed by atoms with Gasteiger partial charge in [-0.25, -0.2) is 17.1 Å². The number of carbonyl (C=O) groups is 1. The van der Waals surface area contributed by atoms with Gasteiger partial charge in [0, 0.05) is 20.1 Å². The van der Waals surface area contributed by atoms with E-state index in [2.05, 4.69) is 0 Å². The van der Waals surface area contributed by atoms with Crippen molar-refractivity contribution in [2.75, 3.05) is 33.4 Å². The Hall–Kier alpha value is -1.26. The molecule has 0 aliphatic carbocycles. The molecule has 0 aromatic heterocycles. The fourth-order valence-electron chi connectivity index (χ4n) is 3.76. The summed E-state index contributed by atoms with van der Waals surface area (Å²) >= 11 is 5.88. The molecule has 1 aromatic rings. The van der Waals surface area contributed by atoms with Crippen LogP contribution in [0.4, 0.5) is 4.39 Å². The molecule has 0 amide bonds. The van der Waals surface area contributed by atoms with Crippen molar-refractivity contribution in [1.29, 1.82) is 0 Å². The topological polar surface area (TPSA) is 76.1 Å².